The molecule has 136 valence electrons. The fraction of sp³-hybridized carbons (Fsp3) is 0.579. The van der Waals surface area contributed by atoms with Gasteiger partial charge in [0.15, 0.2) is 0 Å². The van der Waals surface area contributed by atoms with Crippen LogP contribution in [0.4, 0.5) is 0 Å². The lowest BCUT2D eigenvalue weighted by Gasteiger charge is -2.28. The third-order valence-corrected chi connectivity index (χ3v) is 5.03. The highest BCUT2D eigenvalue weighted by atomic mass is 16.5. The van der Waals surface area contributed by atoms with E-state index in [0.29, 0.717) is 19.5 Å². The molecule has 0 radical (unpaired) electrons. The zero-order chi connectivity index (χ0) is 17.6. The van der Waals surface area contributed by atoms with Gasteiger partial charge in [-0.25, -0.2) is 0 Å². The lowest BCUT2D eigenvalue weighted by atomic mass is 10.1. The molecule has 2 aliphatic heterocycles. The average molecular weight is 345 g/mol. The molecule has 2 amide bonds. The second kappa shape index (κ2) is 8.45. The van der Waals surface area contributed by atoms with Crippen molar-refractivity contribution in [3.8, 4) is 0 Å². The van der Waals surface area contributed by atoms with Gasteiger partial charge >= 0.3 is 0 Å². The Bertz CT molecular complexity index is 587. The second-order valence-corrected chi connectivity index (χ2v) is 6.84. The van der Waals surface area contributed by atoms with Crippen LogP contribution in [0.25, 0.3) is 0 Å². The van der Waals surface area contributed by atoms with Crippen LogP contribution in [-0.2, 0) is 14.3 Å². The van der Waals surface area contributed by atoms with Crippen LogP contribution in [0.2, 0.25) is 0 Å². The third kappa shape index (κ3) is 4.80. The Balaban J connectivity index is 1.47. The number of nitrogens with one attached hydrogen (secondary N) is 1. The number of nitrogens with zero attached hydrogens (tertiary/aromatic N) is 2. The lowest BCUT2D eigenvalue weighted by Crippen LogP contribution is -2.42. The molecule has 3 rings (SSSR count). The summed E-state index contributed by atoms with van der Waals surface area (Å²) in [5.74, 6) is -0.192. The molecule has 6 heteroatoms. The number of carbonyl (C=O) groups excluding carboxylic acids is 2. The van der Waals surface area contributed by atoms with Gasteiger partial charge in [-0.15, -0.1) is 0 Å². The number of amides is 2. The van der Waals surface area contributed by atoms with Crippen LogP contribution in [0.3, 0.4) is 0 Å². The monoisotopic (exact) mass is 345 g/mol. The predicted octanol–water partition coefficient (Wildman–Crippen LogP) is 1.04. The molecule has 2 saturated heterocycles. The molecule has 0 bridgehead atoms. The predicted molar refractivity (Wildman–Crippen MR) is 94.9 cm³/mol. The van der Waals surface area contributed by atoms with Gasteiger partial charge in [0, 0.05) is 39.1 Å². The minimum atomic E-state index is -0.247. The van der Waals surface area contributed by atoms with Gasteiger partial charge in [0.25, 0.3) is 0 Å². The van der Waals surface area contributed by atoms with E-state index >= 15 is 0 Å². The number of ether oxygens (including phenoxy) is 1. The Kier molecular flexibility index (Phi) is 6.04. The quantitative estimate of drug-likeness (QED) is 0.837. The first-order valence-electron chi connectivity index (χ1n) is 9.06. The molecule has 0 saturated carbocycles. The fourth-order valence-corrected chi connectivity index (χ4v) is 3.41. The Labute approximate surface area is 149 Å². The number of hydrogen-bond acceptors (Lipinski definition) is 4. The van der Waals surface area contributed by atoms with Crippen molar-refractivity contribution < 1.29 is 14.3 Å². The second-order valence-electron chi connectivity index (χ2n) is 6.84. The summed E-state index contributed by atoms with van der Waals surface area (Å²) in [6, 6.07) is 9.83. The van der Waals surface area contributed by atoms with Crippen LogP contribution in [0.5, 0.6) is 0 Å². The number of benzene rings is 1. The van der Waals surface area contributed by atoms with Crippen molar-refractivity contribution in [3.05, 3.63) is 35.9 Å². The summed E-state index contributed by atoms with van der Waals surface area (Å²) in [6.07, 6.45) is 0.316. The van der Waals surface area contributed by atoms with E-state index < -0.39 is 0 Å². The minimum Gasteiger partial charge on any atom is -0.379 e. The highest BCUT2D eigenvalue weighted by molar-refractivity contribution is 5.89. The molecule has 0 aliphatic carbocycles. The first-order valence-corrected chi connectivity index (χ1v) is 9.06. The molecule has 1 N–H and O–H groups in total. The maximum Gasteiger partial charge on any atom is 0.225 e. The molecule has 2 fully saturated rings. The van der Waals surface area contributed by atoms with Gasteiger partial charge in [-0.1, -0.05) is 30.3 Å². The summed E-state index contributed by atoms with van der Waals surface area (Å²) < 4.78 is 5.34. The molecular weight excluding hydrogens is 318 g/mol. The van der Waals surface area contributed by atoms with Gasteiger partial charge in [0.05, 0.1) is 25.2 Å². The third-order valence-electron chi connectivity index (χ3n) is 5.03. The summed E-state index contributed by atoms with van der Waals surface area (Å²) in [5, 5.41) is 3.04. The topological polar surface area (TPSA) is 61.9 Å². The zero-order valence-electron chi connectivity index (χ0n) is 14.8. The van der Waals surface area contributed by atoms with Crippen LogP contribution in [-0.4, -0.2) is 67.6 Å². The fourth-order valence-electron chi connectivity index (χ4n) is 3.41. The summed E-state index contributed by atoms with van der Waals surface area (Å²) >= 11 is 0. The van der Waals surface area contributed by atoms with Gasteiger partial charge in [-0.2, -0.15) is 0 Å². The molecule has 2 aliphatic rings. The number of morpholine rings is 1. The van der Waals surface area contributed by atoms with E-state index in [2.05, 4.69) is 10.2 Å². The molecule has 6 nitrogen and oxygen atoms in total. The summed E-state index contributed by atoms with van der Waals surface area (Å²) in [5.41, 5.74) is 1.07. The molecular formula is C19H27N3O3. The molecule has 0 spiro atoms. The molecule has 0 aromatic heterocycles. The maximum absolute atomic E-state index is 12.5. The Morgan fingerprint density at radius 3 is 2.68 bits per heavy atom. The van der Waals surface area contributed by atoms with Crippen LogP contribution in [0.15, 0.2) is 30.3 Å². The molecule has 0 unspecified atom stereocenters. The molecule has 1 aromatic rings. The van der Waals surface area contributed by atoms with Crippen molar-refractivity contribution in [3.63, 3.8) is 0 Å². The Morgan fingerprint density at radius 1 is 1.24 bits per heavy atom. The maximum atomic E-state index is 12.5. The van der Waals surface area contributed by atoms with E-state index in [1.165, 1.54) is 0 Å². The van der Waals surface area contributed by atoms with Gasteiger partial charge in [-0.3, -0.25) is 14.5 Å². The Hall–Kier alpha value is -1.92. The largest absolute Gasteiger partial charge is 0.379 e. The van der Waals surface area contributed by atoms with Crippen molar-refractivity contribution in [2.24, 2.45) is 5.92 Å². The lowest BCUT2D eigenvalue weighted by molar-refractivity contribution is -0.129. The summed E-state index contributed by atoms with van der Waals surface area (Å²) in [6.45, 7) is 7.39. The van der Waals surface area contributed by atoms with Crippen molar-refractivity contribution in [1.29, 1.82) is 0 Å². The number of carbonyl (C=O) groups is 2. The Morgan fingerprint density at radius 2 is 1.96 bits per heavy atom. The van der Waals surface area contributed by atoms with Crippen LogP contribution in [0, 0.1) is 5.92 Å². The van der Waals surface area contributed by atoms with E-state index in [0.717, 1.165) is 38.4 Å². The first-order chi connectivity index (χ1) is 12.1. The number of likely N-dealkylation sites (tertiary alicyclic amines) is 1. The number of rotatable bonds is 6. The van der Waals surface area contributed by atoms with Gasteiger partial charge in [0.1, 0.15) is 0 Å². The normalized spacial score (nSPS) is 22.8. The average Bonchev–Trinajstić information content (AvgIpc) is 3.02. The van der Waals surface area contributed by atoms with Crippen molar-refractivity contribution in [1.82, 2.24) is 15.1 Å². The highest BCUT2D eigenvalue weighted by Gasteiger charge is 2.34. The smallest absolute Gasteiger partial charge is 0.225 e. The van der Waals surface area contributed by atoms with Crippen molar-refractivity contribution in [2.45, 2.75) is 19.4 Å². The van der Waals surface area contributed by atoms with Crippen molar-refractivity contribution >= 4 is 11.8 Å². The molecule has 1 aromatic carbocycles. The van der Waals surface area contributed by atoms with Gasteiger partial charge in [-0.05, 0) is 12.5 Å². The zero-order valence-corrected chi connectivity index (χ0v) is 14.8. The SMILES string of the molecule is C[C@H](NC(=O)[C@H]1CC(=O)N(CCN2CCOCC2)C1)c1ccccc1. The van der Waals surface area contributed by atoms with Crippen LogP contribution in [0.1, 0.15) is 24.9 Å². The van der Waals surface area contributed by atoms with Crippen LogP contribution < -0.4 is 5.32 Å². The minimum absolute atomic E-state index is 0.0291. The first kappa shape index (κ1) is 17.9. The summed E-state index contributed by atoms with van der Waals surface area (Å²) in [4.78, 5) is 28.9. The summed E-state index contributed by atoms with van der Waals surface area (Å²) in [7, 11) is 0. The number of hydrogen-bond donors (Lipinski definition) is 1. The standard InChI is InChI=1S/C19H27N3O3/c1-15(16-5-3-2-4-6-16)20-19(24)17-13-18(23)22(14-17)8-7-21-9-11-25-12-10-21/h2-6,15,17H,7-14H2,1H3,(H,20,24)/t15-,17-/m0/s1. The molecule has 2 atom stereocenters. The van der Waals surface area contributed by atoms with E-state index in [1.54, 1.807) is 0 Å². The van der Waals surface area contributed by atoms with E-state index in [1.807, 2.05) is 42.2 Å². The van der Waals surface area contributed by atoms with E-state index in [9.17, 15) is 9.59 Å². The highest BCUT2D eigenvalue weighted by Crippen LogP contribution is 2.20. The van der Waals surface area contributed by atoms with Gasteiger partial charge in [0.2, 0.25) is 11.8 Å². The van der Waals surface area contributed by atoms with Gasteiger partial charge < -0.3 is 15.0 Å². The van der Waals surface area contributed by atoms with Crippen LogP contribution >= 0.6 is 0 Å². The van der Waals surface area contributed by atoms with E-state index in [-0.39, 0.29) is 23.8 Å². The van der Waals surface area contributed by atoms with E-state index in [4.69, 9.17) is 4.74 Å². The molecule has 25 heavy (non-hydrogen) atoms. The van der Waals surface area contributed by atoms with Crippen molar-refractivity contribution in [2.75, 3.05) is 45.9 Å². The molecule has 2 heterocycles.